The van der Waals surface area contributed by atoms with E-state index in [0.717, 1.165) is 16.5 Å². The molecule has 7 heteroatoms. The van der Waals surface area contributed by atoms with Gasteiger partial charge in [-0.2, -0.15) is 0 Å². The Kier molecular flexibility index (Phi) is 5.24. The number of nitrogens with zero attached hydrogens (tertiary/aromatic N) is 2. The lowest BCUT2D eigenvalue weighted by Crippen LogP contribution is -2.19. The lowest BCUT2D eigenvalue weighted by molar-refractivity contribution is -0.384. The predicted octanol–water partition coefficient (Wildman–Crippen LogP) is 5.23. The van der Waals surface area contributed by atoms with E-state index in [9.17, 15) is 14.9 Å². The molecule has 0 saturated heterocycles. The number of pyridine rings is 1. The number of nitro groups is 1. The fraction of sp³-hybridized carbons (Fsp3) is 0.111. The fourth-order valence-electron chi connectivity index (χ4n) is 2.56. The van der Waals surface area contributed by atoms with E-state index < -0.39 is 9.75 Å². The summed E-state index contributed by atoms with van der Waals surface area (Å²) in [4.78, 5) is 26.5. The number of fused-ring (bicyclic) bond motifs is 1. The zero-order chi connectivity index (χ0) is 18.0. The standard InChI is InChI=1S/C18H12Br2N2O3/c19-16(14-9-10-21-15-4-2-1-3-13(14)15)17(20)18(23)11-5-7-12(8-6-11)22(24)25/h1-10,16-17H/t16-,17-/m1/s1. The SMILES string of the molecule is O=C(c1ccc([N+](=O)[O-])cc1)[C@H](Br)[C@H](Br)c1ccnc2ccccc12. The van der Waals surface area contributed by atoms with Gasteiger partial charge in [-0.3, -0.25) is 19.9 Å². The molecule has 0 amide bonds. The first-order valence-electron chi connectivity index (χ1n) is 7.39. The van der Waals surface area contributed by atoms with E-state index in [4.69, 9.17) is 0 Å². The molecule has 1 heterocycles. The Morgan fingerprint density at radius 3 is 2.40 bits per heavy atom. The summed E-state index contributed by atoms with van der Waals surface area (Å²) in [5.74, 6) is -0.155. The molecule has 0 bridgehead atoms. The van der Waals surface area contributed by atoms with Crippen molar-refractivity contribution in [1.29, 1.82) is 0 Å². The third-order valence-corrected chi connectivity index (χ3v) is 6.53. The summed E-state index contributed by atoms with van der Waals surface area (Å²) in [7, 11) is 0. The number of ketones is 1. The summed E-state index contributed by atoms with van der Waals surface area (Å²) in [6.07, 6.45) is 1.71. The molecule has 0 aliphatic heterocycles. The van der Waals surface area contributed by atoms with E-state index in [2.05, 4.69) is 36.8 Å². The molecular weight excluding hydrogens is 452 g/mol. The Labute approximate surface area is 160 Å². The highest BCUT2D eigenvalue weighted by Gasteiger charge is 2.27. The van der Waals surface area contributed by atoms with Crippen LogP contribution in [0.15, 0.2) is 60.8 Å². The summed E-state index contributed by atoms with van der Waals surface area (Å²) < 4.78 is 0. The fourth-order valence-corrected chi connectivity index (χ4v) is 3.74. The number of para-hydroxylation sites is 1. The Hall–Kier alpha value is -2.12. The zero-order valence-corrected chi connectivity index (χ0v) is 16.0. The third-order valence-electron chi connectivity index (χ3n) is 3.85. The second-order valence-electron chi connectivity index (χ2n) is 5.39. The molecule has 0 N–H and O–H groups in total. The van der Waals surface area contributed by atoms with Crippen LogP contribution in [-0.2, 0) is 0 Å². The highest BCUT2D eigenvalue weighted by molar-refractivity contribution is 9.12. The summed E-state index contributed by atoms with van der Waals surface area (Å²) >= 11 is 7.07. The lowest BCUT2D eigenvalue weighted by atomic mass is 10.00. The third kappa shape index (κ3) is 3.62. The van der Waals surface area contributed by atoms with Crippen molar-refractivity contribution >= 4 is 54.2 Å². The maximum Gasteiger partial charge on any atom is 0.269 e. The van der Waals surface area contributed by atoms with Crippen LogP contribution in [0, 0.1) is 10.1 Å². The first-order chi connectivity index (χ1) is 12.0. The molecule has 0 fully saturated rings. The predicted molar refractivity (Wildman–Crippen MR) is 104 cm³/mol. The molecule has 0 saturated carbocycles. The van der Waals surface area contributed by atoms with E-state index in [1.807, 2.05) is 30.3 Å². The number of alkyl halides is 2. The van der Waals surface area contributed by atoms with Crippen molar-refractivity contribution in [2.45, 2.75) is 9.65 Å². The molecule has 0 spiro atoms. The van der Waals surface area contributed by atoms with E-state index in [1.54, 1.807) is 6.20 Å². The lowest BCUT2D eigenvalue weighted by Gasteiger charge is -2.18. The van der Waals surface area contributed by atoms with Gasteiger partial charge in [0.1, 0.15) is 0 Å². The van der Waals surface area contributed by atoms with E-state index >= 15 is 0 Å². The molecule has 3 rings (SSSR count). The van der Waals surface area contributed by atoms with Crippen molar-refractivity contribution in [2.75, 3.05) is 0 Å². The number of Topliss-reactive ketones (excluding diaryl/α,β-unsaturated/α-hetero) is 1. The molecule has 3 aromatic rings. The van der Waals surface area contributed by atoms with Crippen molar-refractivity contribution in [3.63, 3.8) is 0 Å². The van der Waals surface area contributed by atoms with Crippen molar-refractivity contribution in [3.8, 4) is 0 Å². The molecule has 5 nitrogen and oxygen atoms in total. The monoisotopic (exact) mass is 462 g/mol. The van der Waals surface area contributed by atoms with Crippen molar-refractivity contribution in [2.24, 2.45) is 0 Å². The van der Waals surface area contributed by atoms with Gasteiger partial charge in [0, 0.05) is 29.3 Å². The van der Waals surface area contributed by atoms with E-state index in [-0.39, 0.29) is 16.3 Å². The molecule has 126 valence electrons. The highest BCUT2D eigenvalue weighted by atomic mass is 79.9. The number of rotatable bonds is 5. The minimum absolute atomic E-state index is 0.0433. The van der Waals surface area contributed by atoms with Gasteiger partial charge in [0.15, 0.2) is 5.78 Å². The quantitative estimate of drug-likeness (QED) is 0.225. The first kappa shape index (κ1) is 17.7. The zero-order valence-electron chi connectivity index (χ0n) is 12.8. The number of halogens is 2. The Morgan fingerprint density at radius 2 is 1.72 bits per heavy atom. The normalized spacial score (nSPS) is 13.4. The van der Waals surface area contributed by atoms with Crippen LogP contribution in [0.25, 0.3) is 10.9 Å². The molecule has 25 heavy (non-hydrogen) atoms. The summed E-state index contributed by atoms with van der Waals surface area (Å²) in [6, 6.07) is 15.2. The maximum absolute atomic E-state index is 12.7. The van der Waals surface area contributed by atoms with Crippen molar-refractivity contribution < 1.29 is 9.72 Å². The molecule has 2 aromatic carbocycles. The van der Waals surface area contributed by atoms with Crippen LogP contribution in [0.2, 0.25) is 0 Å². The molecule has 2 atom stereocenters. The molecule has 1 aromatic heterocycles. The average Bonchev–Trinajstić information content (AvgIpc) is 2.65. The van der Waals surface area contributed by atoms with Gasteiger partial charge in [0.25, 0.3) is 5.69 Å². The Bertz CT molecular complexity index is 939. The van der Waals surface area contributed by atoms with Crippen LogP contribution in [0.4, 0.5) is 5.69 Å². The number of carbonyl (C=O) groups is 1. The topological polar surface area (TPSA) is 73.1 Å². The van der Waals surface area contributed by atoms with E-state index in [1.165, 1.54) is 24.3 Å². The first-order valence-corrected chi connectivity index (χ1v) is 9.22. The van der Waals surface area contributed by atoms with Crippen molar-refractivity contribution in [3.05, 3.63) is 82.0 Å². The van der Waals surface area contributed by atoms with Gasteiger partial charge in [-0.05, 0) is 29.8 Å². The number of hydrogen-bond donors (Lipinski definition) is 0. The largest absolute Gasteiger partial charge is 0.293 e. The van der Waals surface area contributed by atoms with Crippen LogP contribution in [0.5, 0.6) is 0 Å². The maximum atomic E-state index is 12.7. The van der Waals surface area contributed by atoms with Gasteiger partial charge < -0.3 is 0 Å². The van der Waals surface area contributed by atoms with Crippen molar-refractivity contribution in [1.82, 2.24) is 4.98 Å². The second kappa shape index (κ2) is 7.41. The van der Waals surface area contributed by atoms with Gasteiger partial charge in [0.2, 0.25) is 0 Å². The average molecular weight is 464 g/mol. The molecule has 0 aliphatic carbocycles. The Balaban J connectivity index is 1.89. The minimum Gasteiger partial charge on any atom is -0.293 e. The van der Waals surface area contributed by atoms with Crippen LogP contribution in [-0.4, -0.2) is 20.5 Å². The highest BCUT2D eigenvalue weighted by Crippen LogP contribution is 2.36. The summed E-state index contributed by atoms with van der Waals surface area (Å²) in [5.41, 5.74) is 2.17. The van der Waals surface area contributed by atoms with Gasteiger partial charge in [-0.25, -0.2) is 0 Å². The van der Waals surface area contributed by atoms with Gasteiger partial charge in [0.05, 0.1) is 20.1 Å². The van der Waals surface area contributed by atoms with Crippen LogP contribution in [0.3, 0.4) is 0 Å². The number of aromatic nitrogens is 1. The Morgan fingerprint density at radius 1 is 1.04 bits per heavy atom. The summed E-state index contributed by atoms with van der Waals surface area (Å²) in [6.45, 7) is 0. The van der Waals surface area contributed by atoms with Gasteiger partial charge in [-0.15, -0.1) is 0 Å². The number of nitro benzene ring substituents is 1. The van der Waals surface area contributed by atoms with Crippen LogP contribution >= 0.6 is 31.9 Å². The van der Waals surface area contributed by atoms with Gasteiger partial charge in [-0.1, -0.05) is 50.1 Å². The minimum atomic E-state index is -0.528. The van der Waals surface area contributed by atoms with Gasteiger partial charge >= 0.3 is 0 Å². The molecular formula is C18H12Br2N2O3. The summed E-state index contributed by atoms with van der Waals surface area (Å²) in [5, 5.41) is 11.7. The molecule has 0 unspecified atom stereocenters. The number of hydrogen-bond acceptors (Lipinski definition) is 4. The van der Waals surface area contributed by atoms with Crippen LogP contribution in [0.1, 0.15) is 20.7 Å². The number of carbonyl (C=O) groups excluding carboxylic acids is 1. The molecule has 0 radical (unpaired) electrons. The smallest absolute Gasteiger partial charge is 0.269 e. The molecule has 0 aliphatic rings. The number of benzene rings is 2. The van der Waals surface area contributed by atoms with E-state index in [0.29, 0.717) is 5.56 Å². The number of non-ortho nitro benzene ring substituents is 1. The second-order valence-corrected chi connectivity index (χ2v) is 7.36. The van der Waals surface area contributed by atoms with Crippen LogP contribution < -0.4 is 0 Å².